The third-order valence-electron chi connectivity index (χ3n) is 3.38. The highest BCUT2D eigenvalue weighted by molar-refractivity contribution is 5.56. The average Bonchev–Trinajstić information content (AvgIpc) is 2.45. The van der Waals surface area contributed by atoms with Gasteiger partial charge in [0.05, 0.1) is 0 Å². The van der Waals surface area contributed by atoms with E-state index in [-0.39, 0.29) is 0 Å². The fourth-order valence-electron chi connectivity index (χ4n) is 2.53. The maximum atomic E-state index is 2.37. The Kier molecular flexibility index (Phi) is 2.00. The molecule has 0 fully saturated rings. The third kappa shape index (κ3) is 1.35. The van der Waals surface area contributed by atoms with Gasteiger partial charge in [-0.15, -0.1) is 0 Å². The lowest BCUT2D eigenvalue weighted by molar-refractivity contribution is -0.553. The van der Waals surface area contributed by atoms with Crippen LogP contribution in [-0.4, -0.2) is 0 Å². The molecule has 2 aliphatic carbocycles. The van der Waals surface area contributed by atoms with Crippen LogP contribution in [0.5, 0.6) is 0 Å². The molecule has 1 aliphatic heterocycles. The maximum Gasteiger partial charge on any atom is 0.142 e. The van der Waals surface area contributed by atoms with Gasteiger partial charge in [-0.25, -0.2) is 0 Å². The van der Waals surface area contributed by atoms with Crippen LogP contribution >= 0.6 is 0 Å². The molecule has 0 aromatic rings. The van der Waals surface area contributed by atoms with Gasteiger partial charge in [-0.3, -0.25) is 5.32 Å². The van der Waals surface area contributed by atoms with Crippen LogP contribution in [0.3, 0.4) is 0 Å². The first-order valence-electron chi connectivity index (χ1n) is 5.69. The zero-order chi connectivity index (χ0) is 10.3. The Labute approximate surface area is 90.6 Å². The number of hydrogen-bond acceptors (Lipinski definition) is 0. The molecule has 1 atom stereocenters. The van der Waals surface area contributed by atoms with Crippen LogP contribution in [0.15, 0.2) is 59.0 Å². The Balaban J connectivity index is 2.08. The average molecular weight is 198 g/mol. The van der Waals surface area contributed by atoms with Gasteiger partial charge in [0.1, 0.15) is 11.4 Å². The van der Waals surface area contributed by atoms with E-state index >= 15 is 0 Å². The van der Waals surface area contributed by atoms with E-state index in [0.29, 0.717) is 5.92 Å². The summed E-state index contributed by atoms with van der Waals surface area (Å²) < 4.78 is 0. The first kappa shape index (κ1) is 8.93. The van der Waals surface area contributed by atoms with Gasteiger partial charge in [-0.2, -0.15) is 0 Å². The SMILES string of the molecule is CC1CC=CC2=C1[NH2+]C1=C2C=CCC=C1. The predicted molar refractivity (Wildman–Crippen MR) is 61.8 cm³/mol. The highest BCUT2D eigenvalue weighted by Gasteiger charge is 2.30. The molecule has 0 aromatic carbocycles. The molecule has 0 saturated heterocycles. The molecule has 0 amide bonds. The predicted octanol–water partition coefficient (Wildman–Crippen LogP) is 2.18. The quantitative estimate of drug-likeness (QED) is 0.614. The van der Waals surface area contributed by atoms with Crippen LogP contribution in [0.2, 0.25) is 0 Å². The largest absolute Gasteiger partial charge is 0.284 e. The molecule has 0 radical (unpaired) electrons. The zero-order valence-electron chi connectivity index (χ0n) is 9.03. The Morgan fingerprint density at radius 1 is 1.07 bits per heavy atom. The van der Waals surface area contributed by atoms with Crippen molar-refractivity contribution in [3.05, 3.63) is 59.0 Å². The maximum absolute atomic E-state index is 2.37. The molecule has 1 unspecified atom stereocenters. The number of nitrogens with two attached hydrogens (primary N) is 1. The van der Waals surface area contributed by atoms with Crippen LogP contribution in [0.25, 0.3) is 0 Å². The minimum absolute atomic E-state index is 0.679. The van der Waals surface area contributed by atoms with Gasteiger partial charge in [-0.1, -0.05) is 37.3 Å². The lowest BCUT2D eigenvalue weighted by Crippen LogP contribution is -2.79. The van der Waals surface area contributed by atoms with E-state index in [1.54, 1.807) is 0 Å². The van der Waals surface area contributed by atoms with Gasteiger partial charge < -0.3 is 0 Å². The van der Waals surface area contributed by atoms with E-state index in [1.165, 1.54) is 29.0 Å². The number of hydrogen-bond donors (Lipinski definition) is 1. The second-order valence-electron chi connectivity index (χ2n) is 4.46. The normalized spacial score (nSPS) is 28.2. The fourth-order valence-corrected chi connectivity index (χ4v) is 2.53. The van der Waals surface area contributed by atoms with Crippen LogP contribution in [0.4, 0.5) is 0 Å². The Bertz CT molecular complexity index is 444. The summed E-state index contributed by atoms with van der Waals surface area (Å²) in [7, 11) is 0. The Morgan fingerprint density at radius 2 is 1.87 bits per heavy atom. The standard InChI is InChI=1S/C14H15N/c1-10-6-5-8-12-11-7-3-2-4-9-13(11)15-14(10)12/h3-5,7-10,15H,2,6H2,1H3/p+1. The number of quaternary nitrogens is 1. The minimum Gasteiger partial charge on any atom is -0.284 e. The van der Waals surface area contributed by atoms with E-state index in [4.69, 9.17) is 0 Å². The van der Waals surface area contributed by atoms with Gasteiger partial charge >= 0.3 is 0 Å². The first-order valence-corrected chi connectivity index (χ1v) is 5.69. The molecule has 0 spiro atoms. The van der Waals surface area contributed by atoms with Crippen molar-refractivity contribution in [1.29, 1.82) is 0 Å². The van der Waals surface area contributed by atoms with Crippen molar-refractivity contribution in [1.82, 2.24) is 0 Å². The number of allylic oxidation sites excluding steroid dienone is 9. The smallest absolute Gasteiger partial charge is 0.142 e. The molecule has 3 rings (SSSR count). The lowest BCUT2D eigenvalue weighted by Gasteiger charge is -2.13. The summed E-state index contributed by atoms with van der Waals surface area (Å²) in [4.78, 5) is 0. The van der Waals surface area contributed by atoms with Crippen molar-refractivity contribution in [2.45, 2.75) is 19.8 Å². The summed E-state index contributed by atoms with van der Waals surface area (Å²) in [6.45, 7) is 2.31. The molecule has 76 valence electrons. The number of rotatable bonds is 0. The number of fused-ring (bicyclic) bond motifs is 1. The summed E-state index contributed by atoms with van der Waals surface area (Å²) >= 11 is 0. The summed E-state index contributed by atoms with van der Waals surface area (Å²) in [6, 6.07) is 0. The van der Waals surface area contributed by atoms with Crippen molar-refractivity contribution in [3.8, 4) is 0 Å². The molecule has 0 bridgehead atoms. The van der Waals surface area contributed by atoms with E-state index in [9.17, 15) is 0 Å². The van der Waals surface area contributed by atoms with Gasteiger partial charge in [0.25, 0.3) is 0 Å². The molecule has 0 saturated carbocycles. The zero-order valence-corrected chi connectivity index (χ0v) is 9.03. The summed E-state index contributed by atoms with van der Waals surface area (Å²) in [5.41, 5.74) is 5.79. The van der Waals surface area contributed by atoms with Crippen molar-refractivity contribution < 1.29 is 5.32 Å². The van der Waals surface area contributed by atoms with E-state index < -0.39 is 0 Å². The van der Waals surface area contributed by atoms with Crippen LogP contribution in [-0.2, 0) is 0 Å². The Morgan fingerprint density at radius 3 is 2.80 bits per heavy atom. The van der Waals surface area contributed by atoms with Crippen molar-refractivity contribution >= 4 is 0 Å². The molecular formula is C14H16N+. The van der Waals surface area contributed by atoms with Gasteiger partial charge in [0, 0.05) is 17.1 Å². The Hall–Kier alpha value is -1.34. The van der Waals surface area contributed by atoms with Crippen molar-refractivity contribution in [3.63, 3.8) is 0 Å². The molecule has 1 heteroatoms. The monoisotopic (exact) mass is 198 g/mol. The van der Waals surface area contributed by atoms with E-state index in [0.717, 1.165) is 6.42 Å². The molecule has 3 aliphatic rings. The lowest BCUT2D eigenvalue weighted by atomic mass is 9.92. The topological polar surface area (TPSA) is 16.6 Å². The molecule has 2 N–H and O–H groups in total. The molecule has 1 heterocycles. The molecule has 1 nitrogen and oxygen atoms in total. The van der Waals surface area contributed by atoms with Crippen LogP contribution in [0.1, 0.15) is 19.8 Å². The highest BCUT2D eigenvalue weighted by atomic mass is 14.9. The van der Waals surface area contributed by atoms with Gasteiger partial charge in [-0.05, 0) is 18.9 Å². The summed E-state index contributed by atoms with van der Waals surface area (Å²) in [5, 5.41) is 2.37. The molecule has 0 aromatic heterocycles. The first-order chi connectivity index (χ1) is 7.36. The second kappa shape index (κ2) is 3.35. The van der Waals surface area contributed by atoms with Gasteiger partial charge in [0.2, 0.25) is 0 Å². The highest BCUT2D eigenvalue weighted by Crippen LogP contribution is 2.31. The summed E-state index contributed by atoms with van der Waals surface area (Å²) in [6.07, 6.45) is 15.8. The molecular weight excluding hydrogens is 182 g/mol. The van der Waals surface area contributed by atoms with E-state index in [1.807, 2.05) is 0 Å². The van der Waals surface area contributed by atoms with Gasteiger partial charge in [0.15, 0.2) is 0 Å². The van der Waals surface area contributed by atoms with Crippen LogP contribution < -0.4 is 5.32 Å². The third-order valence-corrected chi connectivity index (χ3v) is 3.38. The second-order valence-corrected chi connectivity index (χ2v) is 4.46. The fraction of sp³-hybridized carbons (Fsp3) is 0.286. The minimum atomic E-state index is 0.679. The van der Waals surface area contributed by atoms with Crippen LogP contribution in [0, 0.1) is 5.92 Å². The summed E-state index contributed by atoms with van der Waals surface area (Å²) in [5.74, 6) is 0.679. The van der Waals surface area contributed by atoms with Crippen molar-refractivity contribution in [2.75, 3.05) is 0 Å². The molecule has 15 heavy (non-hydrogen) atoms. The van der Waals surface area contributed by atoms with E-state index in [2.05, 4.69) is 48.7 Å². The van der Waals surface area contributed by atoms with Crippen molar-refractivity contribution in [2.24, 2.45) is 5.92 Å².